The zero-order valence-corrected chi connectivity index (χ0v) is 13.7. The molecule has 1 heterocycles. The highest BCUT2D eigenvalue weighted by Gasteiger charge is 2.38. The molecule has 1 aliphatic heterocycles. The van der Waals surface area contributed by atoms with Gasteiger partial charge in [-0.15, -0.1) is 0 Å². The van der Waals surface area contributed by atoms with Gasteiger partial charge in [0, 0.05) is 10.4 Å². The average Bonchev–Trinajstić information content (AvgIpc) is 2.98. The molecule has 3 heteroatoms. The number of nitrogens with one attached hydrogen (secondary N) is 1. The van der Waals surface area contributed by atoms with Crippen molar-refractivity contribution < 1.29 is 0 Å². The lowest BCUT2D eigenvalue weighted by atomic mass is 9.77. The van der Waals surface area contributed by atoms with Crippen molar-refractivity contribution in [1.29, 1.82) is 0 Å². The lowest BCUT2D eigenvalue weighted by molar-refractivity contribution is 0.425. The lowest BCUT2D eigenvalue weighted by Gasteiger charge is -2.38. The summed E-state index contributed by atoms with van der Waals surface area (Å²) in [4.78, 5) is 0. The second-order valence-electron chi connectivity index (χ2n) is 5.73. The molecular weight excluding hydrogens is 346 g/mol. The maximum Gasteiger partial charge on any atom is 0.0640 e. The molecule has 1 nitrogen and oxygen atoms in total. The minimum absolute atomic E-state index is 0.311. The molecule has 1 aliphatic carbocycles. The van der Waals surface area contributed by atoms with Gasteiger partial charge in [0.05, 0.1) is 16.8 Å². The number of para-hydroxylation sites is 1. The van der Waals surface area contributed by atoms with Crippen molar-refractivity contribution >= 4 is 33.2 Å². The van der Waals surface area contributed by atoms with E-state index in [0.29, 0.717) is 17.9 Å². The molecule has 2 aromatic rings. The number of halogens is 2. The summed E-state index contributed by atoms with van der Waals surface area (Å²) in [6.45, 7) is 0. The topological polar surface area (TPSA) is 12.0 Å². The third-order valence-corrected chi connectivity index (χ3v) is 5.42. The van der Waals surface area contributed by atoms with Crippen LogP contribution in [0.4, 0.5) is 5.69 Å². The largest absolute Gasteiger partial charge is 0.376 e. The van der Waals surface area contributed by atoms with E-state index in [0.717, 1.165) is 21.6 Å². The predicted molar refractivity (Wildman–Crippen MR) is 91.9 cm³/mol. The Hall–Kier alpha value is -1.25. The van der Waals surface area contributed by atoms with E-state index in [1.54, 1.807) is 0 Å². The van der Waals surface area contributed by atoms with Crippen LogP contribution in [0.5, 0.6) is 0 Å². The molecule has 2 aliphatic rings. The van der Waals surface area contributed by atoms with Crippen LogP contribution in [0, 0.1) is 5.92 Å². The molecule has 0 spiro atoms. The summed E-state index contributed by atoms with van der Waals surface area (Å²) < 4.78 is 1.11. The Labute approximate surface area is 138 Å². The van der Waals surface area contributed by atoms with E-state index in [2.05, 4.69) is 63.7 Å². The summed E-state index contributed by atoms with van der Waals surface area (Å²) in [5, 5.41) is 4.50. The Morgan fingerprint density at radius 3 is 2.71 bits per heavy atom. The molecule has 0 bridgehead atoms. The van der Waals surface area contributed by atoms with Crippen molar-refractivity contribution in [1.82, 2.24) is 0 Å². The Balaban J connectivity index is 1.81. The minimum atomic E-state index is 0.311. The van der Waals surface area contributed by atoms with Gasteiger partial charge in [0.2, 0.25) is 0 Å². The van der Waals surface area contributed by atoms with E-state index in [-0.39, 0.29) is 0 Å². The Kier molecular flexibility index (Phi) is 3.31. The van der Waals surface area contributed by atoms with Crippen LogP contribution < -0.4 is 5.32 Å². The predicted octanol–water partition coefficient (Wildman–Crippen LogP) is 5.93. The highest BCUT2D eigenvalue weighted by molar-refractivity contribution is 9.10. The fraction of sp³-hybridized carbons (Fsp3) is 0.222. The fourth-order valence-electron chi connectivity index (χ4n) is 3.58. The lowest BCUT2D eigenvalue weighted by Crippen LogP contribution is -2.29. The van der Waals surface area contributed by atoms with Gasteiger partial charge >= 0.3 is 0 Å². The number of allylic oxidation sites excluding steroid dienone is 2. The second-order valence-corrected chi connectivity index (χ2v) is 7.05. The summed E-state index contributed by atoms with van der Waals surface area (Å²) in [5.74, 6) is 1.03. The van der Waals surface area contributed by atoms with Crippen LogP contribution in [0.15, 0.2) is 59.1 Å². The first kappa shape index (κ1) is 13.4. The number of fused-ring (bicyclic) bond motifs is 3. The number of hydrogen-bond acceptors (Lipinski definition) is 1. The summed E-state index contributed by atoms with van der Waals surface area (Å²) in [5.41, 5.74) is 3.75. The van der Waals surface area contributed by atoms with E-state index in [1.807, 2.05) is 12.1 Å². The van der Waals surface area contributed by atoms with Crippen LogP contribution in [0.1, 0.15) is 29.5 Å². The third kappa shape index (κ3) is 2.21. The van der Waals surface area contributed by atoms with Gasteiger partial charge in [-0.1, -0.05) is 63.9 Å². The monoisotopic (exact) mass is 359 g/mol. The number of anilines is 1. The number of benzene rings is 2. The Morgan fingerprint density at radius 2 is 1.90 bits per heavy atom. The molecule has 2 aromatic carbocycles. The first-order chi connectivity index (χ1) is 10.2. The first-order valence-electron chi connectivity index (χ1n) is 7.21. The van der Waals surface area contributed by atoms with Crippen molar-refractivity contribution in [3.05, 3.63) is 75.2 Å². The molecule has 0 saturated heterocycles. The molecular formula is C18H15BrClN. The van der Waals surface area contributed by atoms with E-state index in [9.17, 15) is 0 Å². The molecule has 1 N–H and O–H groups in total. The maximum atomic E-state index is 6.42. The standard InChI is InChI=1S/C18H15BrClN/c19-12-9-7-11(8-10-12)17-14-4-1-3-13(14)15-5-2-6-16(20)18(15)21-17/h1-3,5-10,13-14,17,21H,4H2. The molecule has 4 rings (SSSR count). The minimum Gasteiger partial charge on any atom is -0.376 e. The van der Waals surface area contributed by atoms with Crippen molar-refractivity contribution in [2.45, 2.75) is 18.4 Å². The number of hydrogen-bond donors (Lipinski definition) is 1. The first-order valence-corrected chi connectivity index (χ1v) is 8.38. The summed E-state index contributed by atoms with van der Waals surface area (Å²) in [6.07, 6.45) is 5.76. The molecule has 3 atom stereocenters. The van der Waals surface area contributed by atoms with Gasteiger partial charge in [0.15, 0.2) is 0 Å². The van der Waals surface area contributed by atoms with Crippen LogP contribution in [-0.4, -0.2) is 0 Å². The SMILES string of the molecule is Clc1cccc2c1NC(c1ccc(Br)cc1)C1CC=CC21. The summed E-state index contributed by atoms with van der Waals surface area (Å²) in [7, 11) is 0. The Bertz CT molecular complexity index is 708. The Morgan fingerprint density at radius 1 is 1.10 bits per heavy atom. The zero-order valence-electron chi connectivity index (χ0n) is 11.4. The molecule has 3 unspecified atom stereocenters. The van der Waals surface area contributed by atoms with Crippen molar-refractivity contribution in [3.63, 3.8) is 0 Å². The fourth-order valence-corrected chi connectivity index (χ4v) is 4.08. The molecule has 0 amide bonds. The van der Waals surface area contributed by atoms with Crippen molar-refractivity contribution in [2.75, 3.05) is 5.32 Å². The van der Waals surface area contributed by atoms with Gasteiger partial charge in [-0.3, -0.25) is 0 Å². The van der Waals surface area contributed by atoms with E-state index in [4.69, 9.17) is 11.6 Å². The highest BCUT2D eigenvalue weighted by atomic mass is 79.9. The van der Waals surface area contributed by atoms with Crippen LogP contribution in [0.3, 0.4) is 0 Å². The highest BCUT2D eigenvalue weighted by Crippen LogP contribution is 2.51. The van der Waals surface area contributed by atoms with Crippen LogP contribution >= 0.6 is 27.5 Å². The van der Waals surface area contributed by atoms with Gasteiger partial charge in [0.25, 0.3) is 0 Å². The van der Waals surface area contributed by atoms with E-state index >= 15 is 0 Å². The van der Waals surface area contributed by atoms with Gasteiger partial charge < -0.3 is 5.32 Å². The smallest absolute Gasteiger partial charge is 0.0640 e. The van der Waals surface area contributed by atoms with E-state index < -0.39 is 0 Å². The van der Waals surface area contributed by atoms with Gasteiger partial charge in [-0.05, 0) is 41.7 Å². The van der Waals surface area contributed by atoms with Crippen LogP contribution in [0.2, 0.25) is 5.02 Å². The molecule has 0 radical (unpaired) electrons. The van der Waals surface area contributed by atoms with Crippen LogP contribution in [0.25, 0.3) is 0 Å². The molecule has 0 fully saturated rings. The number of rotatable bonds is 1. The molecule has 106 valence electrons. The molecule has 21 heavy (non-hydrogen) atoms. The van der Waals surface area contributed by atoms with E-state index in [1.165, 1.54) is 11.1 Å². The van der Waals surface area contributed by atoms with Crippen molar-refractivity contribution in [2.24, 2.45) is 5.92 Å². The molecule has 0 aromatic heterocycles. The van der Waals surface area contributed by atoms with Crippen LogP contribution in [-0.2, 0) is 0 Å². The average molecular weight is 361 g/mol. The van der Waals surface area contributed by atoms with Gasteiger partial charge in [-0.25, -0.2) is 0 Å². The van der Waals surface area contributed by atoms with Gasteiger partial charge in [-0.2, -0.15) is 0 Å². The summed E-state index contributed by atoms with van der Waals surface area (Å²) in [6, 6.07) is 15.1. The quantitative estimate of drug-likeness (QED) is 0.622. The maximum absolute atomic E-state index is 6.42. The molecule has 0 saturated carbocycles. The summed E-state index contributed by atoms with van der Waals surface area (Å²) >= 11 is 9.93. The third-order valence-electron chi connectivity index (χ3n) is 4.58. The second kappa shape index (κ2) is 5.19. The van der Waals surface area contributed by atoms with Crippen molar-refractivity contribution in [3.8, 4) is 0 Å². The normalized spacial score (nSPS) is 26.1. The van der Waals surface area contributed by atoms with Gasteiger partial charge in [0.1, 0.15) is 0 Å². The zero-order chi connectivity index (χ0) is 14.4.